The summed E-state index contributed by atoms with van der Waals surface area (Å²) in [5, 5.41) is 2.85. The van der Waals surface area contributed by atoms with Crippen LogP contribution in [0.2, 0.25) is 0 Å². The van der Waals surface area contributed by atoms with E-state index < -0.39 is 5.97 Å². The number of carbonyl (C=O) groups excluding carboxylic acids is 2. The van der Waals surface area contributed by atoms with Crippen LogP contribution in [-0.4, -0.2) is 18.5 Å². The van der Waals surface area contributed by atoms with E-state index in [0.717, 1.165) is 5.56 Å². The van der Waals surface area contributed by atoms with E-state index in [1.807, 2.05) is 30.3 Å². The summed E-state index contributed by atoms with van der Waals surface area (Å²) in [6, 6.07) is 19.5. The lowest BCUT2D eigenvalue weighted by atomic mass is 10.0. The van der Waals surface area contributed by atoms with E-state index in [0.29, 0.717) is 29.2 Å². The Hall–Kier alpha value is -3.60. The molecule has 1 N–H and O–H groups in total. The fourth-order valence-corrected chi connectivity index (χ4v) is 2.52. The van der Waals surface area contributed by atoms with Gasteiger partial charge in [0.05, 0.1) is 24.0 Å². The topological polar surface area (TPSA) is 68.5 Å². The molecule has 2 aromatic carbocycles. The molecule has 0 saturated heterocycles. The van der Waals surface area contributed by atoms with Crippen LogP contribution in [-0.2, 0) is 9.53 Å². The minimum atomic E-state index is -0.391. The molecular formula is C22H19NO4. The summed E-state index contributed by atoms with van der Waals surface area (Å²) in [5.74, 6) is -0.0822. The average molecular weight is 361 g/mol. The fourth-order valence-electron chi connectivity index (χ4n) is 2.52. The van der Waals surface area contributed by atoms with E-state index in [4.69, 9.17) is 9.15 Å². The Bertz CT molecular complexity index is 926. The predicted octanol–water partition coefficient (Wildman–Crippen LogP) is 4.64. The number of anilines is 1. The molecule has 0 unspecified atom stereocenters. The molecule has 0 bridgehead atoms. The van der Waals surface area contributed by atoms with Crippen LogP contribution in [0, 0.1) is 0 Å². The van der Waals surface area contributed by atoms with Gasteiger partial charge in [-0.15, -0.1) is 0 Å². The molecule has 1 amide bonds. The van der Waals surface area contributed by atoms with Crippen molar-refractivity contribution < 1.29 is 18.7 Å². The van der Waals surface area contributed by atoms with E-state index in [-0.39, 0.29) is 5.91 Å². The SMILES string of the molecule is CCOC(=O)c1ccc(NC(=O)C(=Cc2ccco2)c2ccccc2)cc1. The van der Waals surface area contributed by atoms with Crippen molar-refractivity contribution in [1.82, 2.24) is 0 Å². The molecule has 0 radical (unpaired) electrons. The highest BCUT2D eigenvalue weighted by Crippen LogP contribution is 2.21. The maximum atomic E-state index is 12.8. The van der Waals surface area contributed by atoms with E-state index in [9.17, 15) is 9.59 Å². The first-order valence-corrected chi connectivity index (χ1v) is 8.56. The minimum absolute atomic E-state index is 0.276. The van der Waals surface area contributed by atoms with Crippen LogP contribution in [0.25, 0.3) is 11.6 Å². The van der Waals surface area contributed by atoms with Gasteiger partial charge >= 0.3 is 5.97 Å². The molecule has 5 heteroatoms. The van der Waals surface area contributed by atoms with Gasteiger partial charge in [0.2, 0.25) is 0 Å². The largest absolute Gasteiger partial charge is 0.465 e. The second-order valence-electron chi connectivity index (χ2n) is 5.69. The van der Waals surface area contributed by atoms with Gasteiger partial charge in [0, 0.05) is 5.69 Å². The standard InChI is InChI=1S/C22H19NO4/c1-2-26-22(25)17-10-12-18(13-11-17)23-21(24)20(15-19-9-6-14-27-19)16-7-4-3-5-8-16/h3-15H,2H2,1H3,(H,23,24). The Labute approximate surface area is 157 Å². The van der Waals surface area contributed by atoms with Gasteiger partial charge in [-0.3, -0.25) is 4.79 Å². The zero-order valence-electron chi connectivity index (χ0n) is 14.8. The molecular weight excluding hydrogens is 342 g/mol. The molecule has 27 heavy (non-hydrogen) atoms. The van der Waals surface area contributed by atoms with Crippen molar-refractivity contribution >= 4 is 29.2 Å². The van der Waals surface area contributed by atoms with Gasteiger partial charge in [-0.2, -0.15) is 0 Å². The Balaban J connectivity index is 1.82. The molecule has 0 atom stereocenters. The van der Waals surface area contributed by atoms with E-state index in [2.05, 4.69) is 5.32 Å². The van der Waals surface area contributed by atoms with Gasteiger partial charge in [-0.05, 0) is 55.0 Å². The highest BCUT2D eigenvalue weighted by molar-refractivity contribution is 6.29. The number of carbonyl (C=O) groups is 2. The smallest absolute Gasteiger partial charge is 0.338 e. The molecule has 0 aliphatic rings. The van der Waals surface area contributed by atoms with Gasteiger partial charge in [-0.25, -0.2) is 4.79 Å². The number of ether oxygens (including phenoxy) is 1. The molecule has 136 valence electrons. The first kappa shape index (κ1) is 18.2. The Morgan fingerprint density at radius 2 is 1.70 bits per heavy atom. The lowest BCUT2D eigenvalue weighted by Gasteiger charge is -2.10. The second kappa shape index (κ2) is 8.67. The summed E-state index contributed by atoms with van der Waals surface area (Å²) in [6.07, 6.45) is 3.25. The Morgan fingerprint density at radius 3 is 2.33 bits per heavy atom. The number of esters is 1. The van der Waals surface area contributed by atoms with Crippen LogP contribution in [0.3, 0.4) is 0 Å². The molecule has 3 aromatic rings. The predicted molar refractivity (Wildman–Crippen MR) is 104 cm³/mol. The van der Waals surface area contributed by atoms with Crippen molar-refractivity contribution in [3.8, 4) is 0 Å². The maximum absolute atomic E-state index is 12.8. The molecule has 1 aromatic heterocycles. The number of nitrogens with one attached hydrogen (secondary N) is 1. The molecule has 0 spiro atoms. The summed E-state index contributed by atoms with van der Waals surface area (Å²) >= 11 is 0. The van der Waals surface area contributed by atoms with Crippen molar-refractivity contribution in [2.75, 3.05) is 11.9 Å². The highest BCUT2D eigenvalue weighted by Gasteiger charge is 2.14. The molecule has 3 rings (SSSR count). The lowest BCUT2D eigenvalue weighted by Crippen LogP contribution is -2.14. The van der Waals surface area contributed by atoms with E-state index in [1.165, 1.54) is 0 Å². The molecule has 0 fully saturated rings. The van der Waals surface area contributed by atoms with Crippen LogP contribution >= 0.6 is 0 Å². The van der Waals surface area contributed by atoms with Crippen LogP contribution in [0.1, 0.15) is 28.6 Å². The molecule has 0 aliphatic carbocycles. The van der Waals surface area contributed by atoms with Crippen molar-refractivity contribution in [2.24, 2.45) is 0 Å². The average Bonchev–Trinajstić information content (AvgIpc) is 3.21. The monoisotopic (exact) mass is 361 g/mol. The number of amides is 1. The lowest BCUT2D eigenvalue weighted by molar-refractivity contribution is -0.111. The zero-order valence-corrected chi connectivity index (χ0v) is 14.8. The normalized spacial score (nSPS) is 11.1. The van der Waals surface area contributed by atoms with Crippen molar-refractivity contribution in [3.63, 3.8) is 0 Å². The quantitative estimate of drug-likeness (QED) is 0.513. The molecule has 1 heterocycles. The van der Waals surface area contributed by atoms with Gasteiger partial charge < -0.3 is 14.5 Å². The van der Waals surface area contributed by atoms with E-state index >= 15 is 0 Å². The van der Waals surface area contributed by atoms with Crippen LogP contribution in [0.5, 0.6) is 0 Å². The summed E-state index contributed by atoms with van der Waals surface area (Å²) in [5.41, 5.74) is 2.26. The first-order chi connectivity index (χ1) is 13.2. The molecule has 0 aliphatic heterocycles. The summed E-state index contributed by atoms with van der Waals surface area (Å²) < 4.78 is 10.3. The minimum Gasteiger partial charge on any atom is -0.465 e. The maximum Gasteiger partial charge on any atom is 0.338 e. The number of hydrogen-bond acceptors (Lipinski definition) is 4. The van der Waals surface area contributed by atoms with Gasteiger partial charge in [0.1, 0.15) is 5.76 Å². The summed E-state index contributed by atoms with van der Waals surface area (Å²) in [6.45, 7) is 2.07. The van der Waals surface area contributed by atoms with E-state index in [1.54, 1.807) is 55.7 Å². The van der Waals surface area contributed by atoms with Gasteiger partial charge in [0.15, 0.2) is 0 Å². The van der Waals surface area contributed by atoms with Gasteiger partial charge in [0.25, 0.3) is 5.91 Å². The number of benzene rings is 2. The Kier molecular flexibility index (Phi) is 5.84. The molecule has 0 saturated carbocycles. The van der Waals surface area contributed by atoms with Crippen LogP contribution in [0.15, 0.2) is 77.4 Å². The van der Waals surface area contributed by atoms with Crippen LogP contribution in [0.4, 0.5) is 5.69 Å². The van der Waals surface area contributed by atoms with Crippen molar-refractivity contribution in [3.05, 3.63) is 89.9 Å². The van der Waals surface area contributed by atoms with Crippen molar-refractivity contribution in [1.29, 1.82) is 0 Å². The third-order valence-electron chi connectivity index (χ3n) is 3.81. The number of rotatable bonds is 6. The zero-order chi connectivity index (χ0) is 19.1. The number of hydrogen-bond donors (Lipinski definition) is 1. The molecule has 5 nitrogen and oxygen atoms in total. The third-order valence-corrected chi connectivity index (χ3v) is 3.81. The summed E-state index contributed by atoms with van der Waals surface area (Å²) in [7, 11) is 0. The first-order valence-electron chi connectivity index (χ1n) is 8.56. The fraction of sp³-hybridized carbons (Fsp3) is 0.0909. The number of furan rings is 1. The summed E-state index contributed by atoms with van der Waals surface area (Å²) in [4.78, 5) is 24.6. The van der Waals surface area contributed by atoms with Crippen LogP contribution < -0.4 is 5.32 Å². The van der Waals surface area contributed by atoms with Crippen molar-refractivity contribution in [2.45, 2.75) is 6.92 Å². The van der Waals surface area contributed by atoms with Gasteiger partial charge in [-0.1, -0.05) is 30.3 Å². The second-order valence-corrected chi connectivity index (χ2v) is 5.69. The Morgan fingerprint density at radius 1 is 0.963 bits per heavy atom. The highest BCUT2D eigenvalue weighted by atomic mass is 16.5. The third kappa shape index (κ3) is 4.73.